The SMILES string of the molecule is Cc1cnccc1-c1cc(C)c(-c2c3ccccc3c(-c3ccc(-c4ncccc4C)nc3C)c3ccccc23)cn1. The van der Waals surface area contributed by atoms with Crippen molar-refractivity contribution in [3.8, 4) is 44.9 Å². The molecule has 0 aliphatic heterocycles. The monoisotopic (exact) mass is 542 g/mol. The predicted molar refractivity (Wildman–Crippen MR) is 173 cm³/mol. The van der Waals surface area contributed by atoms with Crippen LogP contribution in [-0.2, 0) is 0 Å². The first kappa shape index (κ1) is 25.7. The molecule has 0 N–H and O–H groups in total. The van der Waals surface area contributed by atoms with Crippen molar-refractivity contribution in [1.29, 1.82) is 0 Å². The molecule has 42 heavy (non-hydrogen) atoms. The quantitative estimate of drug-likeness (QED) is 0.208. The Bertz CT molecular complexity index is 1940. The maximum absolute atomic E-state index is 5.06. The summed E-state index contributed by atoms with van der Waals surface area (Å²) in [5, 5.41) is 4.80. The first-order chi connectivity index (χ1) is 20.5. The molecule has 0 fully saturated rings. The number of rotatable bonds is 4. The van der Waals surface area contributed by atoms with E-state index in [0.717, 1.165) is 50.6 Å². The lowest BCUT2D eigenvalue weighted by Crippen LogP contribution is -1.97. The number of benzene rings is 3. The topological polar surface area (TPSA) is 51.6 Å². The van der Waals surface area contributed by atoms with Crippen molar-refractivity contribution < 1.29 is 0 Å². The lowest BCUT2D eigenvalue weighted by molar-refractivity contribution is 1.16. The molecule has 7 aromatic rings. The van der Waals surface area contributed by atoms with E-state index in [2.05, 4.69) is 110 Å². The lowest BCUT2D eigenvalue weighted by atomic mass is 9.85. The molecule has 3 aromatic carbocycles. The van der Waals surface area contributed by atoms with Gasteiger partial charge in [-0.1, -0.05) is 60.7 Å². The number of nitrogens with zero attached hydrogens (tertiary/aromatic N) is 4. The zero-order valence-electron chi connectivity index (χ0n) is 24.2. The lowest BCUT2D eigenvalue weighted by Gasteiger charge is -2.20. The van der Waals surface area contributed by atoms with Gasteiger partial charge in [0, 0.05) is 47.2 Å². The van der Waals surface area contributed by atoms with Crippen LogP contribution in [-0.4, -0.2) is 19.9 Å². The highest BCUT2D eigenvalue weighted by atomic mass is 14.8. The first-order valence-corrected chi connectivity index (χ1v) is 14.2. The van der Waals surface area contributed by atoms with Crippen LogP contribution in [0.3, 0.4) is 0 Å². The van der Waals surface area contributed by atoms with E-state index in [1.807, 2.05) is 36.9 Å². The van der Waals surface area contributed by atoms with Crippen molar-refractivity contribution in [3.63, 3.8) is 0 Å². The van der Waals surface area contributed by atoms with E-state index in [9.17, 15) is 0 Å². The highest BCUT2D eigenvalue weighted by molar-refractivity contribution is 6.21. The summed E-state index contributed by atoms with van der Waals surface area (Å²) in [6.45, 7) is 8.44. The van der Waals surface area contributed by atoms with E-state index < -0.39 is 0 Å². The molecular formula is C38H30N4. The van der Waals surface area contributed by atoms with Gasteiger partial charge in [0.15, 0.2) is 0 Å². The number of hydrogen-bond acceptors (Lipinski definition) is 4. The van der Waals surface area contributed by atoms with E-state index in [4.69, 9.17) is 9.97 Å². The Morgan fingerprint density at radius 2 is 1.14 bits per heavy atom. The number of hydrogen-bond donors (Lipinski definition) is 0. The molecule has 0 aliphatic rings. The van der Waals surface area contributed by atoms with Crippen molar-refractivity contribution in [3.05, 3.63) is 132 Å². The summed E-state index contributed by atoms with van der Waals surface area (Å²) in [4.78, 5) is 18.9. The van der Waals surface area contributed by atoms with Gasteiger partial charge in [-0.2, -0.15) is 0 Å². The van der Waals surface area contributed by atoms with Crippen LogP contribution >= 0.6 is 0 Å². The van der Waals surface area contributed by atoms with Crippen LogP contribution in [0.15, 0.2) is 110 Å². The van der Waals surface area contributed by atoms with Crippen molar-refractivity contribution in [2.24, 2.45) is 0 Å². The fourth-order valence-electron chi connectivity index (χ4n) is 6.15. The van der Waals surface area contributed by atoms with Gasteiger partial charge in [-0.15, -0.1) is 0 Å². The Labute approximate surface area is 245 Å². The molecule has 0 bridgehead atoms. The second-order valence-electron chi connectivity index (χ2n) is 10.9. The van der Waals surface area contributed by atoms with Gasteiger partial charge < -0.3 is 0 Å². The summed E-state index contributed by atoms with van der Waals surface area (Å²) < 4.78 is 0. The second kappa shape index (κ2) is 10.3. The molecule has 4 aromatic heterocycles. The molecule has 0 unspecified atom stereocenters. The molecule has 0 spiro atoms. The van der Waals surface area contributed by atoms with Gasteiger partial charge in [-0.05, 0) is 101 Å². The van der Waals surface area contributed by atoms with Gasteiger partial charge in [0.05, 0.1) is 17.1 Å². The largest absolute Gasteiger partial charge is 0.264 e. The van der Waals surface area contributed by atoms with Crippen molar-refractivity contribution in [2.75, 3.05) is 0 Å². The Balaban J connectivity index is 1.47. The molecule has 0 atom stereocenters. The van der Waals surface area contributed by atoms with E-state index in [1.54, 1.807) is 0 Å². The fraction of sp³-hybridized carbons (Fsp3) is 0.105. The van der Waals surface area contributed by atoms with Crippen LogP contribution in [0, 0.1) is 27.7 Å². The van der Waals surface area contributed by atoms with Gasteiger partial charge >= 0.3 is 0 Å². The minimum atomic E-state index is 0.894. The molecule has 7 rings (SSSR count). The second-order valence-corrected chi connectivity index (χ2v) is 10.9. The van der Waals surface area contributed by atoms with Crippen LogP contribution in [0.25, 0.3) is 66.4 Å². The number of fused-ring (bicyclic) bond motifs is 2. The van der Waals surface area contributed by atoms with Gasteiger partial charge in [-0.25, -0.2) is 0 Å². The normalized spacial score (nSPS) is 11.3. The molecular weight excluding hydrogens is 512 g/mol. The molecule has 0 aliphatic carbocycles. The third-order valence-electron chi connectivity index (χ3n) is 8.22. The Kier molecular flexibility index (Phi) is 6.32. The van der Waals surface area contributed by atoms with E-state index in [1.165, 1.54) is 38.2 Å². The highest BCUT2D eigenvalue weighted by Crippen LogP contribution is 2.45. The average molecular weight is 543 g/mol. The molecule has 4 heteroatoms. The summed E-state index contributed by atoms with van der Waals surface area (Å²) in [5.41, 5.74) is 13.0. The van der Waals surface area contributed by atoms with E-state index in [0.29, 0.717) is 0 Å². The zero-order valence-corrected chi connectivity index (χ0v) is 24.2. The molecule has 0 saturated carbocycles. The fourth-order valence-corrected chi connectivity index (χ4v) is 6.15. The van der Waals surface area contributed by atoms with Crippen LogP contribution in [0.1, 0.15) is 22.4 Å². The minimum absolute atomic E-state index is 0.894. The smallest absolute Gasteiger partial charge is 0.0915 e. The van der Waals surface area contributed by atoms with Gasteiger partial charge in [-0.3, -0.25) is 19.9 Å². The highest BCUT2D eigenvalue weighted by Gasteiger charge is 2.20. The maximum atomic E-state index is 5.06. The number of aromatic nitrogens is 4. The van der Waals surface area contributed by atoms with Crippen LogP contribution in [0.2, 0.25) is 0 Å². The Morgan fingerprint density at radius 1 is 0.476 bits per heavy atom. The number of pyridine rings is 4. The van der Waals surface area contributed by atoms with Crippen LogP contribution < -0.4 is 0 Å². The molecule has 0 radical (unpaired) electrons. The summed E-state index contributed by atoms with van der Waals surface area (Å²) in [5.74, 6) is 0. The van der Waals surface area contributed by atoms with Gasteiger partial charge in [0.2, 0.25) is 0 Å². The Morgan fingerprint density at radius 3 is 1.74 bits per heavy atom. The maximum Gasteiger partial charge on any atom is 0.0915 e. The van der Waals surface area contributed by atoms with E-state index >= 15 is 0 Å². The standard InChI is InChI=1S/C38H30N4/c1-23-10-9-18-40-38(23)34-16-15-28(26(4)42-34)36-29-11-5-7-13-31(29)37(32-14-8-6-12-30(32)36)33-22-41-35(20-24(33)2)27-17-19-39-21-25(27)3/h5-22H,1-4H3. The summed E-state index contributed by atoms with van der Waals surface area (Å²) in [6.07, 6.45) is 7.58. The average Bonchev–Trinajstić information content (AvgIpc) is 3.01. The third-order valence-corrected chi connectivity index (χ3v) is 8.22. The zero-order chi connectivity index (χ0) is 28.8. The summed E-state index contributed by atoms with van der Waals surface area (Å²) in [6, 6.07) is 30.0. The van der Waals surface area contributed by atoms with Crippen LogP contribution in [0.4, 0.5) is 0 Å². The summed E-state index contributed by atoms with van der Waals surface area (Å²) >= 11 is 0. The van der Waals surface area contributed by atoms with Gasteiger partial charge in [0.1, 0.15) is 0 Å². The van der Waals surface area contributed by atoms with Gasteiger partial charge in [0.25, 0.3) is 0 Å². The minimum Gasteiger partial charge on any atom is -0.264 e. The molecule has 4 nitrogen and oxygen atoms in total. The third kappa shape index (κ3) is 4.24. The Hall–Kier alpha value is -5.22. The molecule has 0 amide bonds. The summed E-state index contributed by atoms with van der Waals surface area (Å²) in [7, 11) is 0. The number of aryl methyl sites for hydroxylation is 4. The van der Waals surface area contributed by atoms with Crippen molar-refractivity contribution >= 4 is 21.5 Å². The first-order valence-electron chi connectivity index (χ1n) is 14.2. The van der Waals surface area contributed by atoms with E-state index in [-0.39, 0.29) is 0 Å². The van der Waals surface area contributed by atoms with Crippen molar-refractivity contribution in [2.45, 2.75) is 27.7 Å². The van der Waals surface area contributed by atoms with Crippen molar-refractivity contribution in [1.82, 2.24) is 19.9 Å². The predicted octanol–water partition coefficient (Wildman–Crippen LogP) is 9.47. The molecule has 4 heterocycles. The molecule has 202 valence electrons. The van der Waals surface area contributed by atoms with Crippen LogP contribution in [0.5, 0.6) is 0 Å². The molecule has 0 saturated heterocycles.